The Bertz CT molecular complexity index is 141. The molecule has 78 valence electrons. The fourth-order valence-electron chi connectivity index (χ4n) is 1.07. The molecule has 0 spiro atoms. The van der Waals surface area contributed by atoms with Gasteiger partial charge in [0, 0.05) is 6.42 Å². The molecule has 3 heteroatoms. The van der Waals surface area contributed by atoms with Crippen LogP contribution in [0.1, 0.15) is 39.0 Å². The summed E-state index contributed by atoms with van der Waals surface area (Å²) in [5, 5.41) is 26.5. The van der Waals surface area contributed by atoms with E-state index in [-0.39, 0.29) is 18.5 Å². The summed E-state index contributed by atoms with van der Waals surface area (Å²) in [7, 11) is 0. The summed E-state index contributed by atoms with van der Waals surface area (Å²) in [4.78, 5) is 0. The minimum Gasteiger partial charge on any atom is -0.513 e. The lowest BCUT2D eigenvalue weighted by atomic mass is 10.1. The van der Waals surface area contributed by atoms with Gasteiger partial charge in [0.25, 0.3) is 0 Å². The third kappa shape index (κ3) is 9.37. The summed E-state index contributed by atoms with van der Waals surface area (Å²) in [5.41, 5.74) is 0. The van der Waals surface area contributed by atoms with Crippen molar-refractivity contribution in [2.75, 3.05) is 6.61 Å². The zero-order valence-electron chi connectivity index (χ0n) is 8.24. The zero-order valence-corrected chi connectivity index (χ0v) is 8.24. The van der Waals surface area contributed by atoms with Crippen LogP contribution in [0.3, 0.4) is 0 Å². The van der Waals surface area contributed by atoms with Gasteiger partial charge in [0.05, 0.1) is 18.5 Å². The van der Waals surface area contributed by atoms with Crippen molar-refractivity contribution in [3.05, 3.63) is 11.8 Å². The molecule has 1 unspecified atom stereocenters. The second-order valence-corrected chi connectivity index (χ2v) is 3.30. The van der Waals surface area contributed by atoms with Crippen molar-refractivity contribution >= 4 is 0 Å². The van der Waals surface area contributed by atoms with Crippen molar-refractivity contribution in [1.29, 1.82) is 0 Å². The highest BCUT2D eigenvalue weighted by molar-refractivity contribution is 4.90. The maximum atomic E-state index is 9.11. The Kier molecular flexibility index (Phi) is 7.74. The van der Waals surface area contributed by atoms with Gasteiger partial charge in [-0.25, -0.2) is 0 Å². The van der Waals surface area contributed by atoms with Crippen LogP contribution in [0.5, 0.6) is 0 Å². The molecule has 0 heterocycles. The maximum Gasteiger partial charge on any atom is 0.0905 e. The molecule has 13 heavy (non-hydrogen) atoms. The van der Waals surface area contributed by atoms with Gasteiger partial charge in [-0.2, -0.15) is 0 Å². The van der Waals surface area contributed by atoms with Crippen molar-refractivity contribution in [2.24, 2.45) is 0 Å². The van der Waals surface area contributed by atoms with Crippen LogP contribution in [0.25, 0.3) is 0 Å². The SMILES string of the molecule is CC(O)CCCC/C=C(/O)CCO. The molecule has 0 bridgehead atoms. The second kappa shape index (κ2) is 8.08. The highest BCUT2D eigenvalue weighted by Crippen LogP contribution is 2.06. The molecule has 0 aliphatic rings. The van der Waals surface area contributed by atoms with Crippen molar-refractivity contribution in [1.82, 2.24) is 0 Å². The number of aliphatic hydroxyl groups is 3. The normalized spacial score (nSPS) is 14.5. The quantitative estimate of drug-likeness (QED) is 0.421. The molecule has 0 amide bonds. The molecule has 3 N–H and O–H groups in total. The van der Waals surface area contributed by atoms with E-state index in [9.17, 15) is 0 Å². The Morgan fingerprint density at radius 2 is 2.08 bits per heavy atom. The van der Waals surface area contributed by atoms with E-state index in [0.29, 0.717) is 6.42 Å². The van der Waals surface area contributed by atoms with Crippen molar-refractivity contribution in [3.8, 4) is 0 Å². The molecular weight excluding hydrogens is 168 g/mol. The first-order valence-electron chi connectivity index (χ1n) is 4.83. The minimum atomic E-state index is -0.227. The first-order chi connectivity index (χ1) is 6.16. The summed E-state index contributed by atoms with van der Waals surface area (Å²) in [6, 6.07) is 0. The molecule has 0 aromatic rings. The van der Waals surface area contributed by atoms with Gasteiger partial charge < -0.3 is 15.3 Å². The van der Waals surface area contributed by atoms with Crippen LogP contribution in [0.15, 0.2) is 11.8 Å². The standard InChI is InChI=1S/C10H20O3/c1-9(12)5-3-2-4-6-10(13)7-8-11/h6,9,11-13H,2-5,7-8H2,1H3/b10-6+. The molecular formula is C10H20O3. The van der Waals surface area contributed by atoms with Crippen LogP contribution in [-0.2, 0) is 0 Å². The third-order valence-corrected chi connectivity index (χ3v) is 1.82. The average Bonchev–Trinajstić information content (AvgIpc) is 2.03. The van der Waals surface area contributed by atoms with Crippen LogP contribution in [0.4, 0.5) is 0 Å². The van der Waals surface area contributed by atoms with Gasteiger partial charge in [0.15, 0.2) is 0 Å². The van der Waals surface area contributed by atoms with Crippen LogP contribution in [0, 0.1) is 0 Å². The molecule has 3 nitrogen and oxygen atoms in total. The van der Waals surface area contributed by atoms with Crippen LogP contribution >= 0.6 is 0 Å². The first kappa shape index (κ1) is 12.5. The molecule has 0 aliphatic heterocycles. The fourth-order valence-corrected chi connectivity index (χ4v) is 1.07. The van der Waals surface area contributed by atoms with E-state index in [2.05, 4.69) is 0 Å². The lowest BCUT2D eigenvalue weighted by molar-refractivity contribution is 0.181. The monoisotopic (exact) mass is 188 g/mol. The Balaban J connectivity index is 3.28. The Hall–Kier alpha value is -0.540. The predicted molar refractivity (Wildman–Crippen MR) is 52.6 cm³/mol. The van der Waals surface area contributed by atoms with Crippen LogP contribution < -0.4 is 0 Å². The van der Waals surface area contributed by atoms with Gasteiger partial charge in [0.1, 0.15) is 0 Å². The Morgan fingerprint density at radius 3 is 2.62 bits per heavy atom. The summed E-state index contributed by atoms with van der Waals surface area (Å²) >= 11 is 0. The van der Waals surface area contributed by atoms with Crippen molar-refractivity contribution in [3.63, 3.8) is 0 Å². The van der Waals surface area contributed by atoms with E-state index in [4.69, 9.17) is 15.3 Å². The molecule has 0 radical (unpaired) electrons. The van der Waals surface area contributed by atoms with E-state index in [1.165, 1.54) is 0 Å². The molecule has 0 aliphatic carbocycles. The lowest BCUT2D eigenvalue weighted by Gasteiger charge is -2.01. The average molecular weight is 188 g/mol. The molecule has 0 aromatic carbocycles. The van der Waals surface area contributed by atoms with Gasteiger partial charge in [-0.05, 0) is 32.3 Å². The smallest absolute Gasteiger partial charge is 0.0905 e. The van der Waals surface area contributed by atoms with Gasteiger partial charge in [-0.1, -0.05) is 6.42 Å². The highest BCUT2D eigenvalue weighted by Gasteiger charge is 1.95. The van der Waals surface area contributed by atoms with Gasteiger partial charge in [-0.15, -0.1) is 0 Å². The third-order valence-electron chi connectivity index (χ3n) is 1.82. The molecule has 0 saturated carbocycles. The van der Waals surface area contributed by atoms with E-state index in [0.717, 1.165) is 25.7 Å². The van der Waals surface area contributed by atoms with E-state index >= 15 is 0 Å². The molecule has 0 fully saturated rings. The number of allylic oxidation sites excluding steroid dienone is 1. The maximum absolute atomic E-state index is 9.11. The van der Waals surface area contributed by atoms with Crippen molar-refractivity contribution < 1.29 is 15.3 Å². The molecule has 0 rings (SSSR count). The zero-order chi connectivity index (χ0) is 10.1. The first-order valence-corrected chi connectivity index (χ1v) is 4.83. The number of hydrogen-bond donors (Lipinski definition) is 3. The highest BCUT2D eigenvalue weighted by atomic mass is 16.3. The largest absolute Gasteiger partial charge is 0.513 e. The second-order valence-electron chi connectivity index (χ2n) is 3.30. The molecule has 0 saturated heterocycles. The molecule has 0 aromatic heterocycles. The molecule has 1 atom stereocenters. The number of aliphatic hydroxyl groups excluding tert-OH is 3. The number of unbranched alkanes of at least 4 members (excludes halogenated alkanes) is 2. The number of hydrogen-bond acceptors (Lipinski definition) is 3. The topological polar surface area (TPSA) is 60.7 Å². The predicted octanol–water partition coefficient (Wildman–Crippen LogP) is 1.75. The van der Waals surface area contributed by atoms with Gasteiger partial charge >= 0.3 is 0 Å². The van der Waals surface area contributed by atoms with E-state index in [1.54, 1.807) is 13.0 Å². The van der Waals surface area contributed by atoms with Crippen molar-refractivity contribution in [2.45, 2.75) is 45.1 Å². The Morgan fingerprint density at radius 1 is 1.38 bits per heavy atom. The van der Waals surface area contributed by atoms with Gasteiger partial charge in [0.2, 0.25) is 0 Å². The van der Waals surface area contributed by atoms with E-state index < -0.39 is 0 Å². The Labute approximate surface area is 79.7 Å². The fraction of sp³-hybridized carbons (Fsp3) is 0.800. The van der Waals surface area contributed by atoms with E-state index in [1.807, 2.05) is 0 Å². The van der Waals surface area contributed by atoms with Crippen LogP contribution in [0.2, 0.25) is 0 Å². The minimum absolute atomic E-state index is 0.00396. The lowest BCUT2D eigenvalue weighted by Crippen LogP contribution is -1.98. The summed E-state index contributed by atoms with van der Waals surface area (Å²) in [6.07, 6.45) is 5.43. The van der Waals surface area contributed by atoms with Crippen LogP contribution in [-0.4, -0.2) is 28.0 Å². The number of rotatable bonds is 7. The summed E-state index contributed by atoms with van der Waals surface area (Å²) in [5.74, 6) is 0.263. The van der Waals surface area contributed by atoms with Gasteiger partial charge in [-0.3, -0.25) is 0 Å². The summed E-state index contributed by atoms with van der Waals surface area (Å²) in [6.45, 7) is 1.77. The summed E-state index contributed by atoms with van der Waals surface area (Å²) < 4.78 is 0.